The minimum absolute atomic E-state index is 0.297. The zero-order chi connectivity index (χ0) is 14.9. The molecular weight excluding hydrogens is 244 g/mol. The van der Waals surface area contributed by atoms with Gasteiger partial charge in [-0.2, -0.15) is 0 Å². The van der Waals surface area contributed by atoms with Gasteiger partial charge >= 0.3 is 0 Å². The molecule has 2 atom stereocenters. The molecule has 0 saturated heterocycles. The number of ether oxygens (including phenoxy) is 1. The Hall–Kier alpha value is -0.820. The molecule has 0 fully saturated rings. The van der Waals surface area contributed by atoms with Gasteiger partial charge in [-0.3, -0.25) is 0 Å². The SMILES string of the molecule is CCC(C)(CC(C)C)c1cc2c(cc1C)COCC2C. The van der Waals surface area contributed by atoms with Crippen LogP contribution in [0.15, 0.2) is 12.1 Å². The molecule has 0 N–H and O–H groups in total. The monoisotopic (exact) mass is 274 g/mol. The molecule has 1 aromatic carbocycles. The largest absolute Gasteiger partial charge is 0.376 e. The van der Waals surface area contributed by atoms with Gasteiger partial charge in [0.15, 0.2) is 0 Å². The van der Waals surface area contributed by atoms with Crippen LogP contribution in [0.2, 0.25) is 0 Å². The molecule has 112 valence electrons. The van der Waals surface area contributed by atoms with Gasteiger partial charge < -0.3 is 4.74 Å². The molecule has 0 saturated carbocycles. The van der Waals surface area contributed by atoms with E-state index in [4.69, 9.17) is 4.74 Å². The normalized spacial score (nSPS) is 21.6. The third kappa shape index (κ3) is 2.93. The van der Waals surface area contributed by atoms with Crippen LogP contribution in [0.1, 0.15) is 75.6 Å². The van der Waals surface area contributed by atoms with Gasteiger partial charge in [-0.1, -0.05) is 46.8 Å². The van der Waals surface area contributed by atoms with E-state index in [1.807, 2.05) is 0 Å². The Labute approximate surface area is 124 Å². The maximum absolute atomic E-state index is 5.68. The van der Waals surface area contributed by atoms with Crippen molar-refractivity contribution in [3.8, 4) is 0 Å². The van der Waals surface area contributed by atoms with Crippen molar-refractivity contribution in [2.45, 2.75) is 72.3 Å². The predicted octanol–water partition coefficient (Wildman–Crippen LogP) is 5.34. The predicted molar refractivity (Wildman–Crippen MR) is 86.3 cm³/mol. The fourth-order valence-electron chi connectivity index (χ4n) is 3.80. The summed E-state index contributed by atoms with van der Waals surface area (Å²) in [7, 11) is 0. The summed E-state index contributed by atoms with van der Waals surface area (Å²) in [4.78, 5) is 0. The van der Waals surface area contributed by atoms with Crippen molar-refractivity contribution in [1.82, 2.24) is 0 Å². The summed E-state index contributed by atoms with van der Waals surface area (Å²) in [5.74, 6) is 1.26. The summed E-state index contributed by atoms with van der Waals surface area (Å²) in [5.41, 5.74) is 6.20. The van der Waals surface area contributed by atoms with Crippen molar-refractivity contribution in [3.05, 3.63) is 34.4 Å². The van der Waals surface area contributed by atoms with E-state index in [2.05, 4.69) is 53.7 Å². The number of fused-ring (bicyclic) bond motifs is 1. The van der Waals surface area contributed by atoms with E-state index in [-0.39, 0.29) is 0 Å². The zero-order valence-corrected chi connectivity index (χ0v) is 14.0. The van der Waals surface area contributed by atoms with Gasteiger partial charge in [-0.25, -0.2) is 0 Å². The van der Waals surface area contributed by atoms with Gasteiger partial charge in [0, 0.05) is 5.92 Å². The van der Waals surface area contributed by atoms with E-state index in [0.29, 0.717) is 11.3 Å². The first kappa shape index (κ1) is 15.6. The maximum Gasteiger partial charge on any atom is 0.0720 e. The molecular formula is C19H30O. The Morgan fingerprint density at radius 1 is 1.35 bits per heavy atom. The molecule has 0 aliphatic carbocycles. The first-order chi connectivity index (χ1) is 9.37. The second-order valence-corrected chi connectivity index (χ2v) is 7.29. The quantitative estimate of drug-likeness (QED) is 0.720. The average molecular weight is 274 g/mol. The second-order valence-electron chi connectivity index (χ2n) is 7.29. The number of benzene rings is 1. The van der Waals surface area contributed by atoms with E-state index in [0.717, 1.165) is 19.1 Å². The summed E-state index contributed by atoms with van der Waals surface area (Å²) in [6.45, 7) is 15.6. The van der Waals surface area contributed by atoms with E-state index >= 15 is 0 Å². The van der Waals surface area contributed by atoms with Crippen LogP contribution in [-0.4, -0.2) is 6.61 Å². The highest BCUT2D eigenvalue weighted by molar-refractivity contribution is 5.43. The summed E-state index contributed by atoms with van der Waals surface area (Å²) in [6, 6.07) is 4.86. The first-order valence-electron chi connectivity index (χ1n) is 8.09. The molecule has 0 bridgehead atoms. The molecule has 1 nitrogen and oxygen atoms in total. The zero-order valence-electron chi connectivity index (χ0n) is 14.0. The van der Waals surface area contributed by atoms with Crippen molar-refractivity contribution in [1.29, 1.82) is 0 Å². The number of rotatable bonds is 4. The van der Waals surface area contributed by atoms with Crippen LogP contribution in [0.3, 0.4) is 0 Å². The van der Waals surface area contributed by atoms with Crippen LogP contribution in [0, 0.1) is 12.8 Å². The molecule has 1 heterocycles. The first-order valence-corrected chi connectivity index (χ1v) is 8.09. The molecule has 0 aromatic heterocycles. The molecule has 1 aliphatic rings. The van der Waals surface area contributed by atoms with E-state index < -0.39 is 0 Å². The Morgan fingerprint density at radius 2 is 2.05 bits per heavy atom. The molecule has 1 heteroatoms. The van der Waals surface area contributed by atoms with Crippen molar-refractivity contribution in [3.63, 3.8) is 0 Å². The third-order valence-corrected chi connectivity index (χ3v) is 4.93. The van der Waals surface area contributed by atoms with Crippen LogP contribution in [0.4, 0.5) is 0 Å². The van der Waals surface area contributed by atoms with Crippen molar-refractivity contribution in [2.75, 3.05) is 6.61 Å². The van der Waals surface area contributed by atoms with Crippen molar-refractivity contribution >= 4 is 0 Å². The highest BCUT2D eigenvalue weighted by Gasteiger charge is 2.29. The molecule has 2 unspecified atom stereocenters. The number of hydrogen-bond donors (Lipinski definition) is 0. The van der Waals surface area contributed by atoms with Gasteiger partial charge in [-0.15, -0.1) is 0 Å². The molecule has 1 aromatic rings. The van der Waals surface area contributed by atoms with Crippen LogP contribution < -0.4 is 0 Å². The lowest BCUT2D eigenvalue weighted by Gasteiger charge is -2.35. The maximum atomic E-state index is 5.68. The Kier molecular flexibility index (Phi) is 4.59. The Balaban J connectivity index is 2.48. The smallest absolute Gasteiger partial charge is 0.0720 e. The topological polar surface area (TPSA) is 9.23 Å². The van der Waals surface area contributed by atoms with Crippen LogP contribution in [0.5, 0.6) is 0 Å². The van der Waals surface area contributed by atoms with E-state index in [1.54, 1.807) is 5.56 Å². The van der Waals surface area contributed by atoms with Crippen LogP contribution >= 0.6 is 0 Å². The third-order valence-electron chi connectivity index (χ3n) is 4.93. The summed E-state index contributed by atoms with van der Waals surface area (Å²) in [6.07, 6.45) is 2.46. The molecule has 0 spiro atoms. The van der Waals surface area contributed by atoms with Gasteiger partial charge in [0.25, 0.3) is 0 Å². The highest BCUT2D eigenvalue weighted by atomic mass is 16.5. The van der Waals surface area contributed by atoms with Crippen LogP contribution in [0.25, 0.3) is 0 Å². The van der Waals surface area contributed by atoms with E-state index in [1.165, 1.54) is 29.5 Å². The van der Waals surface area contributed by atoms with Crippen molar-refractivity contribution in [2.24, 2.45) is 5.92 Å². The van der Waals surface area contributed by atoms with Gasteiger partial charge in [0.1, 0.15) is 0 Å². The number of aryl methyl sites for hydroxylation is 1. The highest BCUT2D eigenvalue weighted by Crippen LogP contribution is 2.39. The molecule has 20 heavy (non-hydrogen) atoms. The van der Waals surface area contributed by atoms with Crippen LogP contribution in [-0.2, 0) is 16.8 Å². The van der Waals surface area contributed by atoms with Crippen molar-refractivity contribution < 1.29 is 4.74 Å². The minimum atomic E-state index is 0.297. The van der Waals surface area contributed by atoms with Gasteiger partial charge in [0.05, 0.1) is 13.2 Å². The van der Waals surface area contributed by atoms with Gasteiger partial charge in [-0.05, 0) is 53.4 Å². The summed E-state index contributed by atoms with van der Waals surface area (Å²) < 4.78 is 5.68. The van der Waals surface area contributed by atoms with Gasteiger partial charge in [0.2, 0.25) is 0 Å². The fourth-order valence-corrected chi connectivity index (χ4v) is 3.80. The standard InChI is InChI=1S/C19H30O/c1-7-19(6,10-13(2)3)18-9-17-15(5)11-20-12-16(17)8-14(18)4/h8-9,13,15H,7,10-12H2,1-6H3. The average Bonchev–Trinajstić information content (AvgIpc) is 2.37. The molecule has 1 aliphatic heterocycles. The summed E-state index contributed by atoms with van der Waals surface area (Å²) in [5, 5.41) is 0. The summed E-state index contributed by atoms with van der Waals surface area (Å²) >= 11 is 0. The second kappa shape index (κ2) is 5.89. The Bertz CT molecular complexity index is 475. The minimum Gasteiger partial charge on any atom is -0.376 e. The molecule has 0 amide bonds. The lowest BCUT2D eigenvalue weighted by molar-refractivity contribution is 0.0949. The lowest BCUT2D eigenvalue weighted by atomic mass is 9.71. The molecule has 0 radical (unpaired) electrons. The number of hydrogen-bond acceptors (Lipinski definition) is 1. The Morgan fingerprint density at radius 3 is 2.65 bits per heavy atom. The van der Waals surface area contributed by atoms with E-state index in [9.17, 15) is 0 Å². The lowest BCUT2D eigenvalue weighted by Crippen LogP contribution is -2.26. The molecule has 2 rings (SSSR count). The fraction of sp³-hybridized carbons (Fsp3) is 0.684.